The number of piperazine rings is 1. The molecule has 1 aromatic carbocycles. The van der Waals surface area contributed by atoms with Crippen molar-refractivity contribution in [1.29, 1.82) is 0 Å². The minimum Gasteiger partial charge on any atom is -0.369 e. The lowest BCUT2D eigenvalue weighted by Crippen LogP contribution is -2.50. The molecule has 1 amide bonds. The predicted molar refractivity (Wildman–Crippen MR) is 94.3 cm³/mol. The molecule has 0 aliphatic carbocycles. The number of nitro groups is 1. The molecule has 24 heavy (non-hydrogen) atoms. The van der Waals surface area contributed by atoms with Crippen molar-refractivity contribution in [2.45, 2.75) is 32.7 Å². The second kappa shape index (κ2) is 8.63. The first-order valence-electron chi connectivity index (χ1n) is 8.50. The molecule has 1 atom stereocenters. The van der Waals surface area contributed by atoms with Gasteiger partial charge in [-0.2, -0.15) is 0 Å². The highest BCUT2D eigenvalue weighted by Crippen LogP contribution is 2.20. The van der Waals surface area contributed by atoms with Crippen LogP contribution in [0.4, 0.5) is 11.4 Å². The summed E-state index contributed by atoms with van der Waals surface area (Å²) in [5.41, 5.74) is 1.09. The predicted octanol–water partition coefficient (Wildman–Crippen LogP) is 2.02. The van der Waals surface area contributed by atoms with Gasteiger partial charge < -0.3 is 10.2 Å². The summed E-state index contributed by atoms with van der Waals surface area (Å²) in [5, 5.41) is 13.7. The smallest absolute Gasteiger partial charge is 0.269 e. The summed E-state index contributed by atoms with van der Waals surface area (Å²) >= 11 is 0. The molecule has 2 rings (SSSR count). The molecular weight excluding hydrogens is 308 g/mol. The normalized spacial score (nSPS) is 16.7. The summed E-state index contributed by atoms with van der Waals surface area (Å²) in [5.74, 6) is 0.0831. The summed E-state index contributed by atoms with van der Waals surface area (Å²) in [6, 6.07) is 6.86. The van der Waals surface area contributed by atoms with Crippen molar-refractivity contribution in [3.63, 3.8) is 0 Å². The van der Waals surface area contributed by atoms with Gasteiger partial charge in [-0.1, -0.05) is 13.3 Å². The standard InChI is InChI=1S/C17H26N4O3/c1-3-4-14(2)18-17(22)13-19-9-11-20(12-10-19)15-5-7-16(8-6-15)21(23)24/h5-8,14H,3-4,9-13H2,1-2H3,(H,18,22)/t14-/m0/s1. The third-order valence-corrected chi connectivity index (χ3v) is 4.29. The van der Waals surface area contributed by atoms with Crippen LogP contribution >= 0.6 is 0 Å². The van der Waals surface area contributed by atoms with E-state index in [2.05, 4.69) is 22.0 Å². The quantitative estimate of drug-likeness (QED) is 0.610. The van der Waals surface area contributed by atoms with Crippen molar-refractivity contribution in [2.24, 2.45) is 0 Å². The van der Waals surface area contributed by atoms with Gasteiger partial charge in [-0.15, -0.1) is 0 Å². The van der Waals surface area contributed by atoms with Crippen molar-refractivity contribution < 1.29 is 9.72 Å². The van der Waals surface area contributed by atoms with E-state index < -0.39 is 0 Å². The Labute approximate surface area is 142 Å². The Bertz CT molecular complexity index is 553. The zero-order chi connectivity index (χ0) is 17.5. The molecule has 1 aliphatic heterocycles. The number of hydrogen-bond acceptors (Lipinski definition) is 5. The molecule has 1 fully saturated rings. The maximum Gasteiger partial charge on any atom is 0.269 e. The highest BCUT2D eigenvalue weighted by Gasteiger charge is 2.20. The largest absolute Gasteiger partial charge is 0.369 e. The van der Waals surface area contributed by atoms with Crippen molar-refractivity contribution in [3.8, 4) is 0 Å². The lowest BCUT2D eigenvalue weighted by Gasteiger charge is -2.35. The molecule has 0 spiro atoms. The molecule has 0 radical (unpaired) electrons. The molecular formula is C17H26N4O3. The van der Waals surface area contributed by atoms with Gasteiger partial charge in [0.2, 0.25) is 5.91 Å². The first kappa shape index (κ1) is 18.2. The lowest BCUT2D eigenvalue weighted by atomic mass is 10.2. The van der Waals surface area contributed by atoms with Crippen LogP contribution in [0.5, 0.6) is 0 Å². The van der Waals surface area contributed by atoms with Crippen LogP contribution in [0.15, 0.2) is 24.3 Å². The van der Waals surface area contributed by atoms with E-state index in [9.17, 15) is 14.9 Å². The van der Waals surface area contributed by atoms with Gasteiger partial charge in [0.05, 0.1) is 11.5 Å². The molecule has 7 heteroatoms. The number of nitrogens with zero attached hydrogens (tertiary/aromatic N) is 3. The van der Waals surface area contributed by atoms with Gasteiger partial charge in [0, 0.05) is 50.0 Å². The van der Waals surface area contributed by atoms with Crippen LogP contribution in [0, 0.1) is 10.1 Å². The Morgan fingerprint density at radius 1 is 1.25 bits per heavy atom. The van der Waals surface area contributed by atoms with E-state index in [-0.39, 0.29) is 22.6 Å². The average molecular weight is 334 g/mol. The minimum atomic E-state index is -0.389. The van der Waals surface area contributed by atoms with Crippen LogP contribution in [0.2, 0.25) is 0 Å². The van der Waals surface area contributed by atoms with Gasteiger partial charge in [0.25, 0.3) is 5.69 Å². The monoisotopic (exact) mass is 334 g/mol. The van der Waals surface area contributed by atoms with Crippen LogP contribution in [0.25, 0.3) is 0 Å². The van der Waals surface area contributed by atoms with Gasteiger partial charge in [-0.05, 0) is 25.5 Å². The number of carbonyl (C=O) groups excluding carboxylic acids is 1. The van der Waals surface area contributed by atoms with Crippen molar-refractivity contribution in [3.05, 3.63) is 34.4 Å². The summed E-state index contributed by atoms with van der Waals surface area (Å²) in [6.07, 6.45) is 2.06. The van der Waals surface area contributed by atoms with Crippen LogP contribution in [0.1, 0.15) is 26.7 Å². The molecule has 1 aliphatic rings. The highest BCUT2D eigenvalue weighted by atomic mass is 16.6. The summed E-state index contributed by atoms with van der Waals surface area (Å²) in [7, 11) is 0. The van der Waals surface area contributed by atoms with E-state index in [0.29, 0.717) is 6.54 Å². The van der Waals surface area contributed by atoms with Gasteiger partial charge in [0.15, 0.2) is 0 Å². The number of nitrogens with one attached hydrogen (secondary N) is 1. The lowest BCUT2D eigenvalue weighted by molar-refractivity contribution is -0.384. The summed E-state index contributed by atoms with van der Waals surface area (Å²) in [6.45, 7) is 7.83. The number of benzene rings is 1. The Hall–Kier alpha value is -2.15. The van der Waals surface area contributed by atoms with E-state index in [1.54, 1.807) is 12.1 Å². The fraction of sp³-hybridized carbons (Fsp3) is 0.588. The molecule has 0 bridgehead atoms. The summed E-state index contributed by atoms with van der Waals surface area (Å²) < 4.78 is 0. The average Bonchev–Trinajstić information content (AvgIpc) is 2.55. The first-order valence-corrected chi connectivity index (χ1v) is 8.50. The molecule has 0 aromatic heterocycles. The zero-order valence-electron chi connectivity index (χ0n) is 14.4. The number of nitro benzene ring substituents is 1. The zero-order valence-corrected chi connectivity index (χ0v) is 14.4. The molecule has 0 saturated carbocycles. The minimum absolute atomic E-state index is 0.0831. The van der Waals surface area contributed by atoms with Crippen molar-refractivity contribution in [1.82, 2.24) is 10.2 Å². The number of amides is 1. The van der Waals surface area contributed by atoms with Crippen molar-refractivity contribution >= 4 is 17.3 Å². The van der Waals surface area contributed by atoms with Crippen LogP contribution in [0.3, 0.4) is 0 Å². The molecule has 0 unspecified atom stereocenters. The van der Waals surface area contributed by atoms with Crippen LogP contribution < -0.4 is 10.2 Å². The number of carbonyl (C=O) groups is 1. The maximum atomic E-state index is 12.0. The van der Waals surface area contributed by atoms with Gasteiger partial charge in [-0.25, -0.2) is 0 Å². The first-order chi connectivity index (χ1) is 11.5. The Balaban J connectivity index is 1.78. The Morgan fingerprint density at radius 2 is 1.88 bits per heavy atom. The molecule has 132 valence electrons. The van der Waals surface area contributed by atoms with Gasteiger partial charge >= 0.3 is 0 Å². The maximum absolute atomic E-state index is 12.0. The number of anilines is 1. The van der Waals surface area contributed by atoms with E-state index in [4.69, 9.17) is 0 Å². The second-order valence-corrected chi connectivity index (χ2v) is 6.29. The molecule has 1 N–H and O–H groups in total. The summed E-state index contributed by atoms with van der Waals surface area (Å²) in [4.78, 5) is 26.7. The SMILES string of the molecule is CCC[C@H](C)NC(=O)CN1CCN(c2ccc([N+](=O)[O-])cc2)CC1. The number of hydrogen-bond donors (Lipinski definition) is 1. The van der Waals surface area contributed by atoms with Crippen molar-refractivity contribution in [2.75, 3.05) is 37.6 Å². The fourth-order valence-electron chi connectivity index (χ4n) is 2.98. The molecule has 1 saturated heterocycles. The third kappa shape index (κ3) is 5.19. The topological polar surface area (TPSA) is 78.7 Å². The van der Waals surface area contributed by atoms with E-state index in [0.717, 1.165) is 44.7 Å². The van der Waals surface area contributed by atoms with Gasteiger partial charge in [0.1, 0.15) is 0 Å². The van der Waals surface area contributed by atoms with Crippen LogP contribution in [-0.2, 0) is 4.79 Å². The molecule has 7 nitrogen and oxygen atoms in total. The third-order valence-electron chi connectivity index (χ3n) is 4.29. The molecule has 1 aromatic rings. The Kier molecular flexibility index (Phi) is 6.54. The van der Waals surface area contributed by atoms with Gasteiger partial charge in [-0.3, -0.25) is 19.8 Å². The van der Waals surface area contributed by atoms with Crippen LogP contribution in [-0.4, -0.2) is 54.5 Å². The molecule has 1 heterocycles. The number of non-ortho nitro benzene ring substituents is 1. The fourth-order valence-corrected chi connectivity index (χ4v) is 2.98. The second-order valence-electron chi connectivity index (χ2n) is 6.29. The van der Waals surface area contributed by atoms with E-state index >= 15 is 0 Å². The highest BCUT2D eigenvalue weighted by molar-refractivity contribution is 5.78. The van der Waals surface area contributed by atoms with E-state index in [1.807, 2.05) is 6.92 Å². The number of rotatable bonds is 7. The Morgan fingerprint density at radius 3 is 2.42 bits per heavy atom. The van der Waals surface area contributed by atoms with E-state index in [1.165, 1.54) is 12.1 Å².